The number of hydrogen-bond acceptors (Lipinski definition) is 3. The van der Waals surface area contributed by atoms with E-state index in [2.05, 4.69) is 30.7 Å². The number of aliphatic hydroxyl groups is 1. The minimum Gasteiger partial charge on any atom is -0.385 e. The van der Waals surface area contributed by atoms with Gasteiger partial charge in [0.15, 0.2) is 0 Å². The lowest BCUT2D eigenvalue weighted by Gasteiger charge is -2.43. The highest BCUT2D eigenvalue weighted by atomic mass is 16.3. The summed E-state index contributed by atoms with van der Waals surface area (Å²) in [6.45, 7) is 9.33. The van der Waals surface area contributed by atoms with Gasteiger partial charge in [-0.3, -0.25) is 9.88 Å². The first-order valence-corrected chi connectivity index (χ1v) is 8.21. The Morgan fingerprint density at radius 1 is 1.05 bits per heavy atom. The number of aromatic nitrogens is 1. The summed E-state index contributed by atoms with van der Waals surface area (Å²) in [5.74, 6) is 0. The van der Waals surface area contributed by atoms with E-state index in [4.69, 9.17) is 0 Å². The number of pyridine rings is 1. The average molecular weight is 288 g/mol. The molecule has 1 aromatic rings. The lowest BCUT2D eigenvalue weighted by molar-refractivity contribution is -0.0384. The Hall–Kier alpha value is -0.930. The minimum atomic E-state index is -0.636. The third-order valence-electron chi connectivity index (χ3n) is 5.74. The van der Waals surface area contributed by atoms with Gasteiger partial charge in [0.25, 0.3) is 0 Å². The summed E-state index contributed by atoms with van der Waals surface area (Å²) in [6, 6.07) is 3.93. The summed E-state index contributed by atoms with van der Waals surface area (Å²) in [4.78, 5) is 6.68. The smallest absolute Gasteiger partial charge is 0.0898 e. The molecule has 2 aliphatic rings. The molecule has 2 heterocycles. The van der Waals surface area contributed by atoms with Crippen LogP contribution in [0.1, 0.15) is 58.4 Å². The topological polar surface area (TPSA) is 36.4 Å². The zero-order valence-corrected chi connectivity index (χ0v) is 13.6. The van der Waals surface area contributed by atoms with Gasteiger partial charge in [-0.2, -0.15) is 0 Å². The van der Waals surface area contributed by atoms with Crippen LogP contribution in [-0.2, 0) is 5.60 Å². The van der Waals surface area contributed by atoms with Gasteiger partial charge in [0, 0.05) is 24.5 Å². The van der Waals surface area contributed by atoms with Crippen molar-refractivity contribution in [2.75, 3.05) is 13.1 Å². The molecule has 1 aliphatic heterocycles. The number of nitrogens with zero attached hydrogens (tertiary/aromatic N) is 2. The van der Waals surface area contributed by atoms with Gasteiger partial charge in [-0.25, -0.2) is 0 Å². The van der Waals surface area contributed by atoms with E-state index in [1.54, 1.807) is 12.4 Å². The van der Waals surface area contributed by atoms with Crippen LogP contribution >= 0.6 is 0 Å². The molecule has 3 rings (SSSR count). The van der Waals surface area contributed by atoms with E-state index in [1.807, 2.05) is 12.1 Å². The second kappa shape index (κ2) is 5.06. The van der Waals surface area contributed by atoms with Crippen LogP contribution in [-0.4, -0.2) is 33.6 Å². The Kier molecular flexibility index (Phi) is 3.61. The molecule has 0 radical (unpaired) electrons. The van der Waals surface area contributed by atoms with Crippen molar-refractivity contribution >= 4 is 0 Å². The summed E-state index contributed by atoms with van der Waals surface area (Å²) >= 11 is 0. The molecule has 116 valence electrons. The number of likely N-dealkylation sites (tertiary alicyclic amines) is 1. The van der Waals surface area contributed by atoms with Crippen LogP contribution in [0.3, 0.4) is 0 Å². The molecule has 1 spiro atoms. The standard InChI is InChI=1S/C18H28N2O/c1-16(2,3)20-13-10-17(14-20)6-8-18(21,9-7-17)15-4-11-19-12-5-15/h4-5,11-12,21H,6-10,13-14H2,1-3H3. The van der Waals surface area contributed by atoms with Crippen LogP contribution < -0.4 is 0 Å². The van der Waals surface area contributed by atoms with Crippen LogP contribution in [0.2, 0.25) is 0 Å². The van der Waals surface area contributed by atoms with Crippen molar-refractivity contribution < 1.29 is 5.11 Å². The first-order chi connectivity index (χ1) is 9.83. The maximum Gasteiger partial charge on any atom is 0.0898 e. The highest BCUT2D eigenvalue weighted by molar-refractivity contribution is 5.20. The van der Waals surface area contributed by atoms with Crippen LogP contribution in [0.25, 0.3) is 0 Å². The summed E-state index contributed by atoms with van der Waals surface area (Å²) in [5, 5.41) is 11.0. The summed E-state index contributed by atoms with van der Waals surface area (Å²) in [6.07, 6.45) is 8.90. The minimum absolute atomic E-state index is 0.266. The second-order valence-electron chi connectivity index (χ2n) is 8.11. The molecule has 0 atom stereocenters. The molecule has 1 saturated heterocycles. The van der Waals surface area contributed by atoms with E-state index in [0.29, 0.717) is 5.41 Å². The fourth-order valence-corrected chi connectivity index (χ4v) is 4.06. The molecule has 3 nitrogen and oxygen atoms in total. The zero-order chi connectivity index (χ0) is 15.1. The Labute approximate surface area is 128 Å². The Morgan fingerprint density at radius 3 is 2.19 bits per heavy atom. The molecule has 3 heteroatoms. The van der Waals surface area contributed by atoms with Crippen LogP contribution in [0.5, 0.6) is 0 Å². The van der Waals surface area contributed by atoms with Gasteiger partial charge in [-0.05, 0) is 82.5 Å². The molecule has 1 saturated carbocycles. The number of hydrogen-bond donors (Lipinski definition) is 1. The molecule has 0 bridgehead atoms. The van der Waals surface area contributed by atoms with Crippen molar-refractivity contribution in [3.05, 3.63) is 30.1 Å². The van der Waals surface area contributed by atoms with Gasteiger partial charge in [0.05, 0.1) is 5.60 Å². The second-order valence-corrected chi connectivity index (χ2v) is 8.11. The van der Waals surface area contributed by atoms with Gasteiger partial charge in [-0.1, -0.05) is 0 Å². The predicted octanol–water partition coefficient (Wildman–Crippen LogP) is 3.33. The van der Waals surface area contributed by atoms with Crippen molar-refractivity contribution in [3.8, 4) is 0 Å². The Bertz CT molecular complexity index is 484. The SMILES string of the molecule is CC(C)(C)N1CCC2(CCC(O)(c3ccncc3)CC2)C1. The van der Waals surface area contributed by atoms with Gasteiger partial charge in [-0.15, -0.1) is 0 Å². The fourth-order valence-electron chi connectivity index (χ4n) is 4.06. The molecule has 21 heavy (non-hydrogen) atoms. The van der Waals surface area contributed by atoms with Gasteiger partial charge in [0.1, 0.15) is 0 Å². The highest BCUT2D eigenvalue weighted by Gasteiger charge is 2.47. The van der Waals surface area contributed by atoms with E-state index in [9.17, 15) is 5.11 Å². The number of rotatable bonds is 1. The quantitative estimate of drug-likeness (QED) is 0.861. The zero-order valence-electron chi connectivity index (χ0n) is 13.6. The van der Waals surface area contributed by atoms with Gasteiger partial charge in [0.2, 0.25) is 0 Å². The maximum absolute atomic E-state index is 11.0. The van der Waals surface area contributed by atoms with Gasteiger partial charge >= 0.3 is 0 Å². The maximum atomic E-state index is 11.0. The van der Waals surface area contributed by atoms with Crippen LogP contribution in [0.4, 0.5) is 0 Å². The first kappa shape index (κ1) is 15.0. The van der Waals surface area contributed by atoms with E-state index in [1.165, 1.54) is 19.5 Å². The largest absolute Gasteiger partial charge is 0.385 e. The fraction of sp³-hybridized carbons (Fsp3) is 0.722. The normalized spacial score (nSPS) is 34.5. The average Bonchev–Trinajstić information content (AvgIpc) is 2.88. The summed E-state index contributed by atoms with van der Waals surface area (Å²) in [7, 11) is 0. The monoisotopic (exact) mass is 288 g/mol. The van der Waals surface area contributed by atoms with Crippen molar-refractivity contribution in [2.24, 2.45) is 5.41 Å². The Balaban J connectivity index is 1.69. The molecular weight excluding hydrogens is 260 g/mol. The molecule has 1 N–H and O–H groups in total. The molecule has 0 amide bonds. The third kappa shape index (κ3) is 2.86. The molecule has 2 fully saturated rings. The molecule has 1 aliphatic carbocycles. The van der Waals surface area contributed by atoms with Crippen molar-refractivity contribution in [3.63, 3.8) is 0 Å². The van der Waals surface area contributed by atoms with Crippen molar-refractivity contribution in [1.29, 1.82) is 0 Å². The first-order valence-electron chi connectivity index (χ1n) is 8.21. The van der Waals surface area contributed by atoms with Crippen LogP contribution in [0, 0.1) is 5.41 Å². The van der Waals surface area contributed by atoms with E-state index in [0.717, 1.165) is 31.2 Å². The van der Waals surface area contributed by atoms with E-state index in [-0.39, 0.29) is 5.54 Å². The van der Waals surface area contributed by atoms with Crippen molar-refractivity contribution in [2.45, 2.75) is 64.0 Å². The van der Waals surface area contributed by atoms with E-state index >= 15 is 0 Å². The van der Waals surface area contributed by atoms with E-state index < -0.39 is 5.60 Å². The van der Waals surface area contributed by atoms with Gasteiger partial charge < -0.3 is 5.11 Å². The highest BCUT2D eigenvalue weighted by Crippen LogP contribution is 2.50. The molecule has 0 aromatic carbocycles. The lowest BCUT2D eigenvalue weighted by Crippen LogP contribution is -2.43. The predicted molar refractivity (Wildman–Crippen MR) is 85.0 cm³/mol. The molecule has 1 aromatic heterocycles. The van der Waals surface area contributed by atoms with Crippen LogP contribution in [0.15, 0.2) is 24.5 Å². The van der Waals surface area contributed by atoms with Crippen molar-refractivity contribution in [1.82, 2.24) is 9.88 Å². The lowest BCUT2D eigenvalue weighted by atomic mass is 9.66. The summed E-state index contributed by atoms with van der Waals surface area (Å²) < 4.78 is 0. The molecule has 0 unspecified atom stereocenters. The Morgan fingerprint density at radius 2 is 1.67 bits per heavy atom. The summed E-state index contributed by atoms with van der Waals surface area (Å²) in [5.41, 5.74) is 1.11. The molecular formula is C18H28N2O. The third-order valence-corrected chi connectivity index (χ3v) is 5.74.